The molecule has 2 saturated heterocycles. The van der Waals surface area contributed by atoms with Gasteiger partial charge in [0.05, 0.1) is 3.79 Å². The summed E-state index contributed by atoms with van der Waals surface area (Å²) in [5, 5.41) is 3.67. The van der Waals surface area contributed by atoms with E-state index in [-0.39, 0.29) is 0 Å². The molecule has 2 aliphatic rings. The van der Waals surface area contributed by atoms with Crippen LogP contribution in [0.1, 0.15) is 43.9 Å². The number of hydrogen-bond acceptors (Lipinski definition) is 3. The van der Waals surface area contributed by atoms with E-state index in [4.69, 9.17) is 0 Å². The predicted molar refractivity (Wildman–Crippen MR) is 85.7 cm³/mol. The minimum Gasteiger partial charge on any atom is -0.314 e. The van der Waals surface area contributed by atoms with Crippen molar-refractivity contribution >= 4 is 27.3 Å². The largest absolute Gasteiger partial charge is 0.314 e. The van der Waals surface area contributed by atoms with Gasteiger partial charge in [-0.05, 0) is 60.3 Å². The second kappa shape index (κ2) is 6.25. The molecule has 4 heteroatoms. The first-order chi connectivity index (χ1) is 9.26. The van der Waals surface area contributed by atoms with Gasteiger partial charge in [0.25, 0.3) is 0 Å². The highest BCUT2D eigenvalue weighted by Crippen LogP contribution is 2.36. The highest BCUT2D eigenvalue weighted by Gasteiger charge is 2.37. The lowest BCUT2D eigenvalue weighted by Crippen LogP contribution is -2.55. The van der Waals surface area contributed by atoms with Crippen LogP contribution in [0.25, 0.3) is 0 Å². The molecule has 2 bridgehead atoms. The minimum absolute atomic E-state index is 0.756. The zero-order chi connectivity index (χ0) is 13.2. The third kappa shape index (κ3) is 3.23. The van der Waals surface area contributed by atoms with Gasteiger partial charge in [-0.25, -0.2) is 0 Å². The van der Waals surface area contributed by atoms with Crippen molar-refractivity contribution in [2.45, 2.75) is 63.7 Å². The molecule has 2 nitrogen and oxygen atoms in total. The molecule has 3 heterocycles. The van der Waals surface area contributed by atoms with Crippen molar-refractivity contribution < 1.29 is 0 Å². The first kappa shape index (κ1) is 14.1. The Morgan fingerprint density at radius 3 is 2.63 bits per heavy atom. The fourth-order valence-corrected chi connectivity index (χ4v) is 5.30. The average Bonchev–Trinajstić information content (AvgIpc) is 2.76. The second-order valence-corrected chi connectivity index (χ2v) is 8.39. The Bertz CT molecular complexity index is 406. The Morgan fingerprint density at radius 2 is 2.05 bits per heavy atom. The van der Waals surface area contributed by atoms with Crippen molar-refractivity contribution in [2.75, 3.05) is 6.54 Å². The molecule has 0 spiro atoms. The van der Waals surface area contributed by atoms with Crippen molar-refractivity contribution in [1.29, 1.82) is 0 Å². The van der Waals surface area contributed by atoms with Crippen molar-refractivity contribution in [3.8, 4) is 0 Å². The predicted octanol–water partition coefficient (Wildman–Crippen LogP) is 4.01. The van der Waals surface area contributed by atoms with Crippen molar-refractivity contribution in [1.82, 2.24) is 10.2 Å². The van der Waals surface area contributed by atoms with Crippen LogP contribution >= 0.6 is 27.3 Å². The number of nitrogens with one attached hydrogen (secondary N) is 1. The lowest BCUT2D eigenvalue weighted by Gasteiger charge is -2.49. The Labute approximate surface area is 128 Å². The lowest BCUT2D eigenvalue weighted by molar-refractivity contribution is 0.0188. The molecule has 3 rings (SSSR count). The van der Waals surface area contributed by atoms with Crippen molar-refractivity contribution in [3.05, 3.63) is 20.8 Å². The molecule has 19 heavy (non-hydrogen) atoms. The maximum atomic E-state index is 3.67. The molecular formula is C15H23BrN2S. The summed E-state index contributed by atoms with van der Waals surface area (Å²) >= 11 is 5.47. The summed E-state index contributed by atoms with van der Waals surface area (Å²) in [7, 11) is 0. The van der Waals surface area contributed by atoms with E-state index in [2.05, 4.69) is 45.2 Å². The molecule has 2 atom stereocenters. The van der Waals surface area contributed by atoms with E-state index in [0.29, 0.717) is 0 Å². The van der Waals surface area contributed by atoms with E-state index < -0.39 is 0 Å². The monoisotopic (exact) mass is 342 g/mol. The van der Waals surface area contributed by atoms with Crippen LogP contribution in [0.2, 0.25) is 0 Å². The molecule has 2 unspecified atom stereocenters. The normalized spacial score (nSPS) is 31.6. The van der Waals surface area contributed by atoms with E-state index in [0.717, 1.165) is 31.2 Å². The van der Waals surface area contributed by atoms with Gasteiger partial charge in [0.15, 0.2) is 0 Å². The molecule has 1 aromatic heterocycles. The summed E-state index contributed by atoms with van der Waals surface area (Å²) in [6.45, 7) is 4.50. The Hall–Kier alpha value is 0.1000. The Kier molecular flexibility index (Phi) is 4.62. The molecule has 0 saturated carbocycles. The zero-order valence-electron chi connectivity index (χ0n) is 11.6. The maximum absolute atomic E-state index is 3.67. The van der Waals surface area contributed by atoms with Crippen LogP contribution in [0.3, 0.4) is 0 Å². The van der Waals surface area contributed by atoms with E-state index in [1.165, 1.54) is 40.8 Å². The van der Waals surface area contributed by atoms with Crippen LogP contribution in [0.4, 0.5) is 0 Å². The number of thiophene rings is 1. The van der Waals surface area contributed by atoms with Gasteiger partial charge in [-0.2, -0.15) is 0 Å². The molecule has 0 amide bonds. The molecule has 0 radical (unpaired) electrons. The summed E-state index contributed by atoms with van der Waals surface area (Å²) in [4.78, 5) is 4.29. The number of nitrogens with zero attached hydrogens (tertiary/aromatic N) is 1. The first-order valence-electron chi connectivity index (χ1n) is 7.49. The quantitative estimate of drug-likeness (QED) is 0.889. The van der Waals surface area contributed by atoms with E-state index in [9.17, 15) is 0 Å². The number of rotatable bonds is 4. The number of piperidine rings is 2. The zero-order valence-corrected chi connectivity index (χ0v) is 14.0. The molecule has 2 aliphatic heterocycles. The van der Waals surface area contributed by atoms with Crippen molar-refractivity contribution in [2.24, 2.45) is 0 Å². The van der Waals surface area contributed by atoms with Gasteiger partial charge >= 0.3 is 0 Å². The van der Waals surface area contributed by atoms with Crippen LogP contribution in [-0.4, -0.2) is 29.6 Å². The van der Waals surface area contributed by atoms with Gasteiger partial charge in [0.2, 0.25) is 0 Å². The first-order valence-corrected chi connectivity index (χ1v) is 9.10. The Balaban J connectivity index is 1.68. The molecular weight excluding hydrogens is 320 g/mol. The van der Waals surface area contributed by atoms with Crippen LogP contribution in [0, 0.1) is 0 Å². The fraction of sp³-hybridized carbons (Fsp3) is 0.733. The molecule has 0 aromatic carbocycles. The minimum atomic E-state index is 0.756. The summed E-state index contributed by atoms with van der Waals surface area (Å²) < 4.78 is 1.26. The van der Waals surface area contributed by atoms with Crippen LogP contribution in [0.5, 0.6) is 0 Å². The maximum Gasteiger partial charge on any atom is 0.0701 e. The standard InChI is InChI=1S/C15H23BrN2S/c1-2-17-11-8-12-4-3-5-13(9-11)18(12)10-14-6-7-15(16)19-14/h6-7,11-13,17H,2-5,8-10H2,1H3. The van der Waals surface area contributed by atoms with Crippen LogP contribution in [-0.2, 0) is 6.54 Å². The third-order valence-electron chi connectivity index (χ3n) is 4.59. The van der Waals surface area contributed by atoms with E-state index >= 15 is 0 Å². The smallest absolute Gasteiger partial charge is 0.0701 e. The summed E-state index contributed by atoms with van der Waals surface area (Å²) in [5.41, 5.74) is 0. The number of fused-ring (bicyclic) bond motifs is 2. The lowest BCUT2D eigenvalue weighted by atomic mass is 9.81. The van der Waals surface area contributed by atoms with Gasteiger partial charge in [0.1, 0.15) is 0 Å². The van der Waals surface area contributed by atoms with E-state index in [1.807, 2.05) is 11.3 Å². The third-order valence-corrected chi connectivity index (χ3v) is 6.19. The fourth-order valence-electron chi connectivity index (χ4n) is 3.81. The summed E-state index contributed by atoms with van der Waals surface area (Å²) in [6.07, 6.45) is 6.91. The molecule has 2 fully saturated rings. The average molecular weight is 343 g/mol. The molecule has 1 N–H and O–H groups in total. The van der Waals surface area contributed by atoms with Crippen molar-refractivity contribution in [3.63, 3.8) is 0 Å². The van der Waals surface area contributed by atoms with Crippen LogP contribution < -0.4 is 5.32 Å². The highest BCUT2D eigenvalue weighted by molar-refractivity contribution is 9.11. The summed E-state index contributed by atoms with van der Waals surface area (Å²) in [5.74, 6) is 0. The van der Waals surface area contributed by atoms with Gasteiger partial charge in [-0.1, -0.05) is 13.3 Å². The Morgan fingerprint density at radius 1 is 1.32 bits per heavy atom. The van der Waals surface area contributed by atoms with Gasteiger partial charge in [-0.3, -0.25) is 4.90 Å². The number of hydrogen-bond donors (Lipinski definition) is 1. The SMILES string of the molecule is CCNC1CC2CCCC(C1)N2Cc1ccc(Br)s1. The van der Waals surface area contributed by atoms with Gasteiger partial charge in [0, 0.05) is 29.5 Å². The second-order valence-electron chi connectivity index (χ2n) is 5.84. The van der Waals surface area contributed by atoms with Crippen LogP contribution in [0.15, 0.2) is 15.9 Å². The molecule has 0 aliphatic carbocycles. The molecule has 1 aromatic rings. The number of halogens is 1. The van der Waals surface area contributed by atoms with Gasteiger partial charge < -0.3 is 5.32 Å². The van der Waals surface area contributed by atoms with E-state index in [1.54, 1.807) is 0 Å². The highest BCUT2D eigenvalue weighted by atomic mass is 79.9. The molecule has 106 valence electrons. The summed E-state index contributed by atoms with van der Waals surface area (Å²) in [6, 6.07) is 6.82. The topological polar surface area (TPSA) is 15.3 Å². The van der Waals surface area contributed by atoms with Gasteiger partial charge in [-0.15, -0.1) is 11.3 Å².